The summed E-state index contributed by atoms with van der Waals surface area (Å²) in [7, 11) is 0. The summed E-state index contributed by atoms with van der Waals surface area (Å²) in [4.78, 5) is 40.3. The Labute approximate surface area is 157 Å². The smallest absolute Gasteiger partial charge is 0.255 e. The number of nitrogens with one attached hydrogen (secondary N) is 1. The lowest BCUT2D eigenvalue weighted by Gasteiger charge is -2.29. The monoisotopic (exact) mass is 372 g/mol. The number of carbonyl (C=O) groups is 3. The van der Waals surface area contributed by atoms with E-state index in [1.165, 1.54) is 0 Å². The number of nitrogens with two attached hydrogens (primary N) is 1. The van der Waals surface area contributed by atoms with Crippen molar-refractivity contribution in [2.45, 2.75) is 38.1 Å². The molecule has 0 saturated carbocycles. The average molecular weight is 372 g/mol. The van der Waals surface area contributed by atoms with E-state index in [0.717, 1.165) is 11.1 Å². The lowest BCUT2D eigenvalue weighted by Crippen LogP contribution is -2.52. The summed E-state index contributed by atoms with van der Waals surface area (Å²) in [5.74, 6) is -0.798. The molecule has 3 aliphatic heterocycles. The SMILES string of the molecule is NC[C@@H]1CN(Cc2cccc3c2C(=O)N(C2CCC(=O)NC2=O)C3)C[C@H]1O. The summed E-state index contributed by atoms with van der Waals surface area (Å²) in [6, 6.07) is 5.14. The molecular formula is C19H24N4O4. The second kappa shape index (κ2) is 7.03. The van der Waals surface area contributed by atoms with E-state index in [1.54, 1.807) is 4.90 Å². The van der Waals surface area contributed by atoms with Crippen LogP contribution in [0, 0.1) is 5.92 Å². The van der Waals surface area contributed by atoms with E-state index in [0.29, 0.717) is 44.7 Å². The van der Waals surface area contributed by atoms with Gasteiger partial charge >= 0.3 is 0 Å². The highest BCUT2D eigenvalue weighted by Crippen LogP contribution is 2.31. The molecule has 1 aromatic rings. The van der Waals surface area contributed by atoms with Crippen LogP contribution in [0.5, 0.6) is 0 Å². The highest BCUT2D eigenvalue weighted by atomic mass is 16.3. The molecule has 2 fully saturated rings. The van der Waals surface area contributed by atoms with Gasteiger partial charge in [0.05, 0.1) is 6.10 Å². The van der Waals surface area contributed by atoms with Crippen LogP contribution in [0.25, 0.3) is 0 Å². The first-order chi connectivity index (χ1) is 13.0. The Balaban J connectivity index is 1.53. The minimum Gasteiger partial charge on any atom is -0.391 e. The molecule has 144 valence electrons. The second-order valence-electron chi connectivity index (χ2n) is 7.61. The van der Waals surface area contributed by atoms with Crippen molar-refractivity contribution in [3.63, 3.8) is 0 Å². The van der Waals surface area contributed by atoms with Crippen molar-refractivity contribution in [1.82, 2.24) is 15.1 Å². The number of nitrogens with zero attached hydrogens (tertiary/aromatic N) is 2. The van der Waals surface area contributed by atoms with Gasteiger partial charge in [-0.05, 0) is 24.1 Å². The minimum atomic E-state index is -0.606. The van der Waals surface area contributed by atoms with Gasteiger partial charge in [0.25, 0.3) is 5.91 Å². The molecule has 1 unspecified atom stereocenters. The van der Waals surface area contributed by atoms with Crippen molar-refractivity contribution in [1.29, 1.82) is 0 Å². The number of piperidine rings is 1. The standard InChI is InChI=1S/C19H24N4O4/c20-6-13-8-22(10-15(13)24)7-11-2-1-3-12-9-23(19(27)17(11)12)14-4-5-16(25)21-18(14)26/h1-3,13-15,24H,4-10,20H2,(H,21,25,26)/t13-,14?,15-/m1/s1. The van der Waals surface area contributed by atoms with Crippen LogP contribution in [0.15, 0.2) is 18.2 Å². The minimum absolute atomic E-state index is 0.0532. The summed E-state index contributed by atoms with van der Waals surface area (Å²) < 4.78 is 0. The molecule has 1 aromatic carbocycles. The lowest BCUT2D eigenvalue weighted by molar-refractivity contribution is -0.136. The van der Waals surface area contributed by atoms with Crippen LogP contribution in [-0.4, -0.2) is 64.4 Å². The number of aliphatic hydroxyl groups is 1. The first kappa shape index (κ1) is 18.1. The Bertz CT molecular complexity index is 796. The first-order valence-electron chi connectivity index (χ1n) is 9.34. The lowest BCUT2D eigenvalue weighted by atomic mass is 10.0. The Hall–Kier alpha value is -2.29. The van der Waals surface area contributed by atoms with Gasteiger partial charge in [-0.2, -0.15) is 0 Å². The molecule has 0 spiro atoms. The van der Waals surface area contributed by atoms with Crippen molar-refractivity contribution in [3.05, 3.63) is 34.9 Å². The van der Waals surface area contributed by atoms with E-state index in [4.69, 9.17) is 5.73 Å². The molecule has 0 aliphatic carbocycles. The predicted molar refractivity (Wildman–Crippen MR) is 96.3 cm³/mol. The molecule has 4 rings (SSSR count). The van der Waals surface area contributed by atoms with Crippen molar-refractivity contribution in [3.8, 4) is 0 Å². The number of benzene rings is 1. The number of aliphatic hydroxyl groups excluding tert-OH is 1. The average Bonchev–Trinajstić information content (AvgIpc) is 3.15. The summed E-state index contributed by atoms with van der Waals surface area (Å²) in [5, 5.41) is 12.4. The highest BCUT2D eigenvalue weighted by Gasteiger charge is 2.40. The van der Waals surface area contributed by atoms with Crippen LogP contribution >= 0.6 is 0 Å². The maximum atomic E-state index is 13.1. The summed E-state index contributed by atoms with van der Waals surface area (Å²) >= 11 is 0. The number of fused-ring (bicyclic) bond motifs is 1. The third-order valence-electron chi connectivity index (χ3n) is 5.82. The van der Waals surface area contributed by atoms with Gasteiger partial charge in [-0.25, -0.2) is 0 Å². The quantitative estimate of drug-likeness (QED) is 0.596. The maximum absolute atomic E-state index is 13.1. The Kier molecular flexibility index (Phi) is 4.71. The number of β-amino-alcohol motifs (C(OH)–C–C–N with tert-alkyl or cyclic N) is 1. The predicted octanol–water partition coefficient (Wildman–Crippen LogP) is -0.801. The highest BCUT2D eigenvalue weighted by molar-refractivity contribution is 6.05. The molecule has 3 atom stereocenters. The van der Waals surface area contributed by atoms with Crippen LogP contribution in [0.1, 0.15) is 34.3 Å². The molecule has 3 heterocycles. The van der Waals surface area contributed by atoms with E-state index in [1.807, 2.05) is 18.2 Å². The van der Waals surface area contributed by atoms with Gasteiger partial charge < -0.3 is 15.7 Å². The van der Waals surface area contributed by atoms with E-state index in [-0.39, 0.29) is 24.2 Å². The molecular weight excluding hydrogens is 348 g/mol. The van der Waals surface area contributed by atoms with Crippen LogP contribution < -0.4 is 11.1 Å². The van der Waals surface area contributed by atoms with Gasteiger partial charge in [0, 0.05) is 44.1 Å². The van der Waals surface area contributed by atoms with Crippen LogP contribution in [0.3, 0.4) is 0 Å². The summed E-state index contributed by atoms with van der Waals surface area (Å²) in [5.41, 5.74) is 8.15. The fourth-order valence-corrected chi connectivity index (χ4v) is 4.36. The third-order valence-corrected chi connectivity index (χ3v) is 5.82. The van der Waals surface area contributed by atoms with E-state index >= 15 is 0 Å². The molecule has 3 aliphatic rings. The zero-order chi connectivity index (χ0) is 19.1. The van der Waals surface area contributed by atoms with Crippen LogP contribution in [0.2, 0.25) is 0 Å². The molecule has 0 bridgehead atoms. The normalized spacial score (nSPS) is 28.6. The van der Waals surface area contributed by atoms with Crippen molar-refractivity contribution in [2.24, 2.45) is 11.7 Å². The molecule has 27 heavy (non-hydrogen) atoms. The molecule has 2 saturated heterocycles. The van der Waals surface area contributed by atoms with Crippen LogP contribution in [-0.2, 0) is 22.7 Å². The van der Waals surface area contributed by atoms with Crippen molar-refractivity contribution in [2.75, 3.05) is 19.6 Å². The largest absolute Gasteiger partial charge is 0.391 e. The summed E-state index contributed by atoms with van der Waals surface area (Å²) in [6.07, 6.45) is 0.161. The van der Waals surface area contributed by atoms with Gasteiger partial charge in [0.15, 0.2) is 0 Å². The molecule has 3 amide bonds. The number of imide groups is 1. The Morgan fingerprint density at radius 1 is 1.22 bits per heavy atom. The van der Waals surface area contributed by atoms with Gasteiger partial charge in [-0.1, -0.05) is 18.2 Å². The van der Waals surface area contributed by atoms with Gasteiger partial charge in [0.1, 0.15) is 6.04 Å². The number of hydrogen-bond donors (Lipinski definition) is 3. The topological polar surface area (TPSA) is 116 Å². The maximum Gasteiger partial charge on any atom is 0.255 e. The van der Waals surface area contributed by atoms with E-state index < -0.39 is 18.1 Å². The van der Waals surface area contributed by atoms with Crippen molar-refractivity contribution < 1.29 is 19.5 Å². The zero-order valence-corrected chi connectivity index (χ0v) is 15.1. The molecule has 8 heteroatoms. The second-order valence-corrected chi connectivity index (χ2v) is 7.61. The van der Waals surface area contributed by atoms with Gasteiger partial charge in [-0.15, -0.1) is 0 Å². The number of rotatable bonds is 4. The van der Waals surface area contributed by atoms with E-state index in [2.05, 4.69) is 10.2 Å². The fourth-order valence-electron chi connectivity index (χ4n) is 4.36. The van der Waals surface area contributed by atoms with Gasteiger partial charge in [0.2, 0.25) is 11.8 Å². The number of amides is 3. The number of hydrogen-bond acceptors (Lipinski definition) is 6. The Morgan fingerprint density at radius 3 is 2.74 bits per heavy atom. The molecule has 4 N–H and O–H groups in total. The first-order valence-corrected chi connectivity index (χ1v) is 9.34. The Morgan fingerprint density at radius 2 is 2.04 bits per heavy atom. The van der Waals surface area contributed by atoms with Crippen molar-refractivity contribution >= 4 is 17.7 Å². The molecule has 8 nitrogen and oxygen atoms in total. The zero-order valence-electron chi connectivity index (χ0n) is 15.1. The molecule has 0 aromatic heterocycles. The summed E-state index contributed by atoms with van der Waals surface area (Å²) in [6.45, 7) is 2.61. The number of carbonyl (C=O) groups excluding carboxylic acids is 3. The fraction of sp³-hybridized carbons (Fsp3) is 0.526. The third kappa shape index (κ3) is 3.24. The van der Waals surface area contributed by atoms with Gasteiger partial charge in [-0.3, -0.25) is 24.6 Å². The van der Waals surface area contributed by atoms with Crippen LogP contribution in [0.4, 0.5) is 0 Å². The van der Waals surface area contributed by atoms with E-state index in [9.17, 15) is 19.5 Å². The number of likely N-dealkylation sites (tertiary alicyclic amines) is 1. The molecule has 0 radical (unpaired) electrons.